The number of hydrogen-bond donors (Lipinski definition) is 0. The van der Waals surface area contributed by atoms with Crippen LogP contribution in [0.5, 0.6) is 5.88 Å². The van der Waals surface area contributed by atoms with E-state index in [0.717, 1.165) is 17.3 Å². The Hall–Kier alpha value is -1.10. The largest absolute Gasteiger partial charge is 0.478 e. The number of hydrogen-bond acceptors (Lipinski definition) is 4. The third kappa shape index (κ3) is 7.82. The number of carbonyl (C=O) groups is 1. The lowest BCUT2D eigenvalue weighted by atomic mass is 10.2. The molecule has 0 aliphatic rings. The summed E-state index contributed by atoms with van der Waals surface area (Å²) in [5.41, 5.74) is -0.409. The molecule has 0 spiro atoms. The molecule has 0 fully saturated rings. The fourth-order valence-corrected chi connectivity index (χ4v) is 1.72. The second kappa shape index (κ2) is 7.48. The molecule has 0 aliphatic carbocycles. The summed E-state index contributed by atoms with van der Waals surface area (Å²) in [4.78, 5) is 15.5. The van der Waals surface area contributed by atoms with E-state index in [1.807, 2.05) is 32.9 Å². The lowest BCUT2D eigenvalue weighted by Gasteiger charge is -2.19. The summed E-state index contributed by atoms with van der Waals surface area (Å²) in [7, 11) is 0. The van der Waals surface area contributed by atoms with Gasteiger partial charge in [-0.05, 0) is 39.7 Å². The molecule has 0 bridgehead atoms. The molecule has 0 aromatic carbocycles. The quantitative estimate of drug-likeness (QED) is 0.589. The minimum Gasteiger partial charge on any atom is -0.478 e. The zero-order valence-corrected chi connectivity index (χ0v) is 13.2. The fourth-order valence-electron chi connectivity index (χ4n) is 1.40. The zero-order chi connectivity index (χ0) is 14.3. The van der Waals surface area contributed by atoms with E-state index < -0.39 is 5.60 Å². The van der Waals surface area contributed by atoms with Gasteiger partial charge < -0.3 is 9.47 Å². The number of rotatable bonds is 6. The molecule has 5 heteroatoms. The minimum atomic E-state index is -0.409. The first kappa shape index (κ1) is 16.0. The van der Waals surface area contributed by atoms with Gasteiger partial charge in [-0.1, -0.05) is 15.9 Å². The summed E-state index contributed by atoms with van der Waals surface area (Å²) in [5.74, 6) is 0.430. The first-order valence-corrected chi connectivity index (χ1v) is 7.12. The van der Waals surface area contributed by atoms with E-state index in [4.69, 9.17) is 9.47 Å². The second-order valence-electron chi connectivity index (χ2n) is 5.20. The van der Waals surface area contributed by atoms with Gasteiger partial charge in [0.1, 0.15) is 5.60 Å². The molecular formula is C14H20BrNO3. The highest BCUT2D eigenvalue weighted by molar-refractivity contribution is 9.10. The molecule has 0 unspecified atom stereocenters. The van der Waals surface area contributed by atoms with Crippen LogP contribution < -0.4 is 4.74 Å². The molecule has 0 N–H and O–H groups in total. The van der Waals surface area contributed by atoms with Crippen LogP contribution in [0.1, 0.15) is 40.0 Å². The standard InChI is InChI=1S/C14H20BrNO3/c1-14(2,3)19-13(17)6-4-5-9-18-12-10-11(15)7-8-16-12/h7-8,10H,4-6,9H2,1-3H3. The Morgan fingerprint density at radius 3 is 2.74 bits per heavy atom. The number of esters is 1. The molecule has 19 heavy (non-hydrogen) atoms. The number of aromatic nitrogens is 1. The maximum absolute atomic E-state index is 11.5. The van der Waals surface area contributed by atoms with E-state index >= 15 is 0 Å². The molecule has 0 saturated heterocycles. The van der Waals surface area contributed by atoms with Crippen molar-refractivity contribution in [2.45, 2.75) is 45.6 Å². The van der Waals surface area contributed by atoms with Gasteiger partial charge in [0.15, 0.2) is 0 Å². The second-order valence-corrected chi connectivity index (χ2v) is 6.12. The van der Waals surface area contributed by atoms with Crippen molar-refractivity contribution >= 4 is 21.9 Å². The third-order valence-electron chi connectivity index (χ3n) is 2.14. The molecule has 1 rings (SSSR count). The number of pyridine rings is 1. The molecule has 4 nitrogen and oxygen atoms in total. The summed E-state index contributed by atoms with van der Waals surface area (Å²) in [6, 6.07) is 3.66. The smallest absolute Gasteiger partial charge is 0.306 e. The normalized spacial score (nSPS) is 11.2. The van der Waals surface area contributed by atoms with Crippen molar-refractivity contribution in [2.24, 2.45) is 0 Å². The summed E-state index contributed by atoms with van der Waals surface area (Å²) < 4.78 is 11.6. The average Bonchev–Trinajstić information content (AvgIpc) is 2.26. The van der Waals surface area contributed by atoms with E-state index in [1.165, 1.54) is 0 Å². The summed E-state index contributed by atoms with van der Waals surface area (Å²) in [6.45, 7) is 6.15. The molecule has 106 valence electrons. The third-order valence-corrected chi connectivity index (χ3v) is 2.64. The average molecular weight is 330 g/mol. The van der Waals surface area contributed by atoms with Gasteiger partial charge in [0, 0.05) is 23.2 Å². The van der Waals surface area contributed by atoms with Gasteiger partial charge in [0.25, 0.3) is 0 Å². The predicted molar refractivity (Wildman–Crippen MR) is 77.1 cm³/mol. The molecule has 0 aliphatic heterocycles. The Kier molecular flexibility index (Phi) is 6.28. The maximum atomic E-state index is 11.5. The van der Waals surface area contributed by atoms with E-state index in [2.05, 4.69) is 20.9 Å². The van der Waals surface area contributed by atoms with Gasteiger partial charge in [-0.15, -0.1) is 0 Å². The van der Waals surface area contributed by atoms with E-state index in [9.17, 15) is 4.79 Å². The van der Waals surface area contributed by atoms with Gasteiger partial charge >= 0.3 is 5.97 Å². The molecule has 0 amide bonds. The van der Waals surface area contributed by atoms with Crippen molar-refractivity contribution in [2.75, 3.05) is 6.61 Å². The van der Waals surface area contributed by atoms with Crippen LogP contribution in [-0.2, 0) is 9.53 Å². The Bertz CT molecular complexity index is 415. The Morgan fingerprint density at radius 1 is 1.37 bits per heavy atom. The van der Waals surface area contributed by atoms with Crippen LogP contribution in [0.4, 0.5) is 0 Å². The van der Waals surface area contributed by atoms with Crippen LogP contribution in [0.3, 0.4) is 0 Å². The number of carbonyl (C=O) groups excluding carboxylic acids is 1. The van der Waals surface area contributed by atoms with Crippen LogP contribution in [0.25, 0.3) is 0 Å². The summed E-state index contributed by atoms with van der Waals surface area (Å²) >= 11 is 3.35. The lowest BCUT2D eigenvalue weighted by molar-refractivity contribution is -0.154. The molecule has 1 aromatic rings. The highest BCUT2D eigenvalue weighted by Crippen LogP contribution is 2.15. The zero-order valence-electron chi connectivity index (χ0n) is 11.6. The minimum absolute atomic E-state index is 0.159. The van der Waals surface area contributed by atoms with Crippen molar-refractivity contribution in [3.63, 3.8) is 0 Å². The van der Waals surface area contributed by atoms with Gasteiger partial charge in [0.05, 0.1) is 6.61 Å². The molecule has 0 atom stereocenters. The number of halogens is 1. The lowest BCUT2D eigenvalue weighted by Crippen LogP contribution is -2.23. The van der Waals surface area contributed by atoms with Crippen LogP contribution in [0.15, 0.2) is 22.8 Å². The van der Waals surface area contributed by atoms with Crippen LogP contribution in [-0.4, -0.2) is 23.2 Å². The van der Waals surface area contributed by atoms with Crippen molar-refractivity contribution in [1.29, 1.82) is 0 Å². The molecule has 0 radical (unpaired) electrons. The van der Waals surface area contributed by atoms with Gasteiger partial charge in [-0.3, -0.25) is 4.79 Å². The molecule has 1 heterocycles. The Labute approximate surface area is 122 Å². The first-order valence-electron chi connectivity index (χ1n) is 6.33. The summed E-state index contributed by atoms with van der Waals surface area (Å²) in [5, 5.41) is 0. The Morgan fingerprint density at radius 2 is 2.11 bits per heavy atom. The van der Waals surface area contributed by atoms with E-state index in [0.29, 0.717) is 18.9 Å². The highest BCUT2D eigenvalue weighted by Gasteiger charge is 2.15. The maximum Gasteiger partial charge on any atom is 0.306 e. The van der Waals surface area contributed by atoms with Crippen molar-refractivity contribution in [3.8, 4) is 5.88 Å². The molecule has 0 saturated carbocycles. The van der Waals surface area contributed by atoms with Gasteiger partial charge in [-0.25, -0.2) is 4.98 Å². The topological polar surface area (TPSA) is 48.4 Å². The van der Waals surface area contributed by atoms with E-state index in [-0.39, 0.29) is 5.97 Å². The number of ether oxygens (including phenoxy) is 2. The van der Waals surface area contributed by atoms with Crippen LogP contribution >= 0.6 is 15.9 Å². The highest BCUT2D eigenvalue weighted by atomic mass is 79.9. The van der Waals surface area contributed by atoms with Gasteiger partial charge in [0.2, 0.25) is 5.88 Å². The van der Waals surface area contributed by atoms with Crippen LogP contribution in [0.2, 0.25) is 0 Å². The number of nitrogens with zero attached hydrogens (tertiary/aromatic N) is 1. The predicted octanol–water partition coefficient (Wildman–Crippen LogP) is 3.73. The molecular weight excluding hydrogens is 310 g/mol. The number of unbranched alkanes of at least 4 members (excludes halogenated alkanes) is 1. The monoisotopic (exact) mass is 329 g/mol. The first-order chi connectivity index (χ1) is 8.87. The van der Waals surface area contributed by atoms with Gasteiger partial charge in [-0.2, -0.15) is 0 Å². The molecule has 1 aromatic heterocycles. The van der Waals surface area contributed by atoms with Crippen LogP contribution in [0, 0.1) is 0 Å². The Balaban J connectivity index is 2.13. The van der Waals surface area contributed by atoms with Crippen molar-refractivity contribution in [3.05, 3.63) is 22.8 Å². The van der Waals surface area contributed by atoms with E-state index in [1.54, 1.807) is 6.20 Å². The van der Waals surface area contributed by atoms with Crippen molar-refractivity contribution in [1.82, 2.24) is 4.98 Å². The fraction of sp³-hybridized carbons (Fsp3) is 0.571. The summed E-state index contributed by atoms with van der Waals surface area (Å²) in [6.07, 6.45) is 3.66. The SMILES string of the molecule is CC(C)(C)OC(=O)CCCCOc1cc(Br)ccn1. The van der Waals surface area contributed by atoms with Crippen molar-refractivity contribution < 1.29 is 14.3 Å².